The molecule has 0 aliphatic carbocycles. The van der Waals surface area contributed by atoms with Gasteiger partial charge in [-0.05, 0) is 20.0 Å². The zero-order chi connectivity index (χ0) is 12.3. The summed E-state index contributed by atoms with van der Waals surface area (Å²) in [4.78, 5) is 8.93. The Morgan fingerprint density at radius 1 is 1.35 bits per heavy atom. The van der Waals surface area contributed by atoms with Crippen LogP contribution in [-0.2, 0) is 0 Å². The van der Waals surface area contributed by atoms with Gasteiger partial charge in [0.25, 0.3) is 0 Å². The molecule has 5 heteroatoms. The minimum Gasteiger partial charge on any atom is -0.481 e. The van der Waals surface area contributed by atoms with Gasteiger partial charge in [-0.3, -0.25) is 0 Å². The highest BCUT2D eigenvalue weighted by molar-refractivity contribution is 7.13. The maximum atomic E-state index is 5.11. The number of nitrogens with one attached hydrogen (secondary N) is 1. The quantitative estimate of drug-likeness (QED) is 0.904. The van der Waals surface area contributed by atoms with Gasteiger partial charge in [-0.1, -0.05) is 6.07 Å². The van der Waals surface area contributed by atoms with Crippen molar-refractivity contribution in [2.24, 2.45) is 0 Å². The summed E-state index contributed by atoms with van der Waals surface area (Å²) in [6, 6.07) is 5.94. The fourth-order valence-corrected chi connectivity index (χ4v) is 2.28. The molecule has 2 rings (SSSR count). The van der Waals surface area contributed by atoms with Gasteiger partial charge in [0.1, 0.15) is 10.7 Å². The van der Waals surface area contributed by atoms with Crippen molar-refractivity contribution in [2.45, 2.75) is 13.0 Å². The van der Waals surface area contributed by atoms with Crippen molar-refractivity contribution in [1.29, 1.82) is 0 Å². The van der Waals surface area contributed by atoms with Gasteiger partial charge in [-0.15, -0.1) is 11.3 Å². The first-order valence-corrected chi connectivity index (χ1v) is 6.26. The second kappa shape index (κ2) is 5.25. The highest BCUT2D eigenvalue weighted by atomic mass is 32.1. The standard InChI is InChI=1S/C12H15N3OS/c1-8(13-2)10-7-17-12(15-10)9-5-4-6-11(14-9)16-3/h4-8,13H,1-3H3. The molecule has 17 heavy (non-hydrogen) atoms. The number of pyridine rings is 1. The van der Waals surface area contributed by atoms with Crippen LogP contribution in [0.1, 0.15) is 18.7 Å². The Hall–Kier alpha value is -1.46. The minimum atomic E-state index is 0.255. The molecule has 0 spiro atoms. The van der Waals surface area contributed by atoms with Crippen molar-refractivity contribution in [3.05, 3.63) is 29.3 Å². The second-order valence-corrected chi connectivity index (χ2v) is 4.51. The third-order valence-corrected chi connectivity index (χ3v) is 3.43. The van der Waals surface area contributed by atoms with E-state index >= 15 is 0 Å². The number of nitrogens with zero attached hydrogens (tertiary/aromatic N) is 2. The van der Waals surface area contributed by atoms with Gasteiger partial charge in [0.2, 0.25) is 5.88 Å². The lowest BCUT2D eigenvalue weighted by atomic mass is 10.3. The molecular weight excluding hydrogens is 234 g/mol. The molecule has 0 aromatic carbocycles. The Morgan fingerprint density at radius 3 is 2.88 bits per heavy atom. The van der Waals surface area contributed by atoms with Crippen LogP contribution in [0.15, 0.2) is 23.6 Å². The normalized spacial score (nSPS) is 12.4. The van der Waals surface area contributed by atoms with Crippen LogP contribution in [-0.4, -0.2) is 24.1 Å². The SMILES string of the molecule is CNC(C)c1csc(-c2cccc(OC)n2)n1. The molecule has 2 heterocycles. The number of methoxy groups -OCH3 is 1. The molecule has 4 nitrogen and oxygen atoms in total. The lowest BCUT2D eigenvalue weighted by Crippen LogP contribution is -2.12. The molecule has 2 aromatic heterocycles. The van der Waals surface area contributed by atoms with E-state index in [9.17, 15) is 0 Å². The van der Waals surface area contributed by atoms with Crippen LogP contribution in [0, 0.1) is 0 Å². The van der Waals surface area contributed by atoms with Gasteiger partial charge >= 0.3 is 0 Å². The van der Waals surface area contributed by atoms with Gasteiger partial charge in [0.15, 0.2) is 0 Å². The van der Waals surface area contributed by atoms with E-state index < -0.39 is 0 Å². The van der Waals surface area contributed by atoms with E-state index in [2.05, 4.69) is 27.6 Å². The van der Waals surface area contributed by atoms with Crippen LogP contribution in [0.2, 0.25) is 0 Å². The Morgan fingerprint density at radius 2 is 2.18 bits per heavy atom. The van der Waals surface area contributed by atoms with Gasteiger partial charge in [-0.25, -0.2) is 9.97 Å². The first kappa shape index (κ1) is 12.0. The van der Waals surface area contributed by atoms with Gasteiger partial charge < -0.3 is 10.1 Å². The Kier molecular flexibility index (Phi) is 3.71. The van der Waals surface area contributed by atoms with E-state index in [1.165, 1.54) is 0 Å². The summed E-state index contributed by atoms with van der Waals surface area (Å²) in [6.45, 7) is 2.08. The monoisotopic (exact) mass is 249 g/mol. The van der Waals surface area contributed by atoms with Crippen LogP contribution in [0.5, 0.6) is 5.88 Å². The Bertz CT molecular complexity index is 498. The molecule has 1 atom stereocenters. The summed E-state index contributed by atoms with van der Waals surface area (Å²) < 4.78 is 5.11. The van der Waals surface area contributed by atoms with Crippen molar-refractivity contribution >= 4 is 11.3 Å². The molecule has 0 aliphatic rings. The number of thiazole rings is 1. The van der Waals surface area contributed by atoms with Gasteiger partial charge in [-0.2, -0.15) is 0 Å². The molecule has 0 saturated heterocycles. The van der Waals surface area contributed by atoms with Crippen LogP contribution >= 0.6 is 11.3 Å². The first-order chi connectivity index (χ1) is 8.24. The van der Waals surface area contributed by atoms with Crippen LogP contribution < -0.4 is 10.1 Å². The third-order valence-electron chi connectivity index (χ3n) is 2.55. The van der Waals surface area contributed by atoms with Crippen molar-refractivity contribution in [1.82, 2.24) is 15.3 Å². The summed E-state index contributed by atoms with van der Waals surface area (Å²) in [5.74, 6) is 0.612. The van der Waals surface area contributed by atoms with Crippen molar-refractivity contribution < 1.29 is 4.74 Å². The molecule has 0 saturated carbocycles. The predicted octanol–water partition coefficient (Wildman–Crippen LogP) is 2.49. The highest BCUT2D eigenvalue weighted by Crippen LogP contribution is 2.25. The molecule has 0 amide bonds. The summed E-state index contributed by atoms with van der Waals surface area (Å²) >= 11 is 1.60. The van der Waals surface area contributed by atoms with E-state index in [1.54, 1.807) is 18.4 Å². The van der Waals surface area contributed by atoms with E-state index in [1.807, 2.05) is 25.2 Å². The van der Waals surface area contributed by atoms with E-state index in [0.29, 0.717) is 5.88 Å². The molecule has 0 bridgehead atoms. The van der Waals surface area contributed by atoms with Crippen molar-refractivity contribution in [3.8, 4) is 16.6 Å². The van der Waals surface area contributed by atoms with Gasteiger partial charge in [0.05, 0.1) is 12.8 Å². The molecule has 90 valence electrons. The fraction of sp³-hybridized carbons (Fsp3) is 0.333. The maximum absolute atomic E-state index is 5.11. The number of hydrogen-bond acceptors (Lipinski definition) is 5. The van der Waals surface area contributed by atoms with Crippen molar-refractivity contribution in [2.75, 3.05) is 14.2 Å². The van der Waals surface area contributed by atoms with Crippen LogP contribution in [0.3, 0.4) is 0 Å². The first-order valence-electron chi connectivity index (χ1n) is 5.38. The molecule has 2 aromatic rings. The summed E-state index contributed by atoms with van der Waals surface area (Å²) in [6.07, 6.45) is 0. The zero-order valence-corrected chi connectivity index (χ0v) is 10.9. The highest BCUT2D eigenvalue weighted by Gasteiger charge is 2.10. The molecule has 1 N–H and O–H groups in total. The van der Waals surface area contributed by atoms with Gasteiger partial charge in [0, 0.05) is 17.5 Å². The third kappa shape index (κ3) is 2.62. The number of aromatic nitrogens is 2. The lowest BCUT2D eigenvalue weighted by Gasteiger charge is -2.05. The van der Waals surface area contributed by atoms with Crippen LogP contribution in [0.25, 0.3) is 10.7 Å². The number of rotatable bonds is 4. The lowest BCUT2D eigenvalue weighted by molar-refractivity contribution is 0.398. The summed E-state index contributed by atoms with van der Waals surface area (Å²) in [7, 11) is 3.54. The number of hydrogen-bond donors (Lipinski definition) is 1. The van der Waals surface area contributed by atoms with E-state index in [0.717, 1.165) is 16.4 Å². The largest absolute Gasteiger partial charge is 0.481 e. The second-order valence-electron chi connectivity index (χ2n) is 3.65. The molecule has 1 unspecified atom stereocenters. The Labute approximate surface area is 105 Å². The zero-order valence-electron chi connectivity index (χ0n) is 10.1. The molecule has 0 fully saturated rings. The van der Waals surface area contributed by atoms with E-state index in [-0.39, 0.29) is 6.04 Å². The maximum Gasteiger partial charge on any atom is 0.213 e. The minimum absolute atomic E-state index is 0.255. The summed E-state index contributed by atoms with van der Waals surface area (Å²) in [5, 5.41) is 6.14. The molecular formula is C12H15N3OS. The average molecular weight is 249 g/mol. The molecule has 0 radical (unpaired) electrons. The fourth-order valence-electron chi connectivity index (χ4n) is 1.40. The van der Waals surface area contributed by atoms with E-state index in [4.69, 9.17) is 4.74 Å². The number of ether oxygens (including phenoxy) is 1. The smallest absolute Gasteiger partial charge is 0.213 e. The molecule has 0 aliphatic heterocycles. The average Bonchev–Trinajstić information content (AvgIpc) is 2.87. The van der Waals surface area contributed by atoms with Crippen molar-refractivity contribution in [3.63, 3.8) is 0 Å². The Balaban J connectivity index is 2.30. The topological polar surface area (TPSA) is 47.0 Å². The van der Waals surface area contributed by atoms with Crippen LogP contribution in [0.4, 0.5) is 0 Å². The predicted molar refractivity (Wildman–Crippen MR) is 69.4 cm³/mol. The summed E-state index contributed by atoms with van der Waals surface area (Å²) in [5.41, 5.74) is 1.89.